The first-order valence-electron chi connectivity index (χ1n) is 5.12. The van der Waals surface area contributed by atoms with Gasteiger partial charge >= 0.3 is 0 Å². The normalized spacial score (nSPS) is 11.7. The molecule has 0 amide bonds. The van der Waals surface area contributed by atoms with Gasteiger partial charge < -0.3 is 10.5 Å². The Balaban J connectivity index is 2.95. The van der Waals surface area contributed by atoms with Gasteiger partial charge in [-0.2, -0.15) is 0 Å². The van der Waals surface area contributed by atoms with E-state index in [1.54, 1.807) is 7.11 Å². The van der Waals surface area contributed by atoms with Crippen molar-refractivity contribution in [3.8, 4) is 0 Å². The van der Waals surface area contributed by atoms with Crippen LogP contribution in [-0.2, 0) is 14.8 Å². The second-order valence-electron chi connectivity index (χ2n) is 3.52. The number of anilines is 1. The number of sulfonamides is 1. The van der Waals surface area contributed by atoms with E-state index in [4.69, 9.17) is 33.7 Å². The first-order chi connectivity index (χ1) is 8.40. The van der Waals surface area contributed by atoms with E-state index in [1.165, 1.54) is 12.1 Å². The van der Waals surface area contributed by atoms with Gasteiger partial charge in [0.1, 0.15) is 4.90 Å². The Morgan fingerprint density at radius 3 is 2.67 bits per heavy atom. The Hall–Kier alpha value is -0.530. The van der Waals surface area contributed by atoms with Crippen molar-refractivity contribution >= 4 is 38.9 Å². The fraction of sp³-hybridized carbons (Fsp3) is 0.400. The number of methoxy groups -OCH3 is 1. The van der Waals surface area contributed by atoms with Crippen molar-refractivity contribution in [3.05, 3.63) is 22.2 Å². The molecule has 5 nitrogen and oxygen atoms in total. The molecule has 0 unspecified atom stereocenters. The molecular weight excluding hydrogens is 299 g/mol. The third-order valence-electron chi connectivity index (χ3n) is 2.16. The lowest BCUT2D eigenvalue weighted by atomic mass is 10.3. The number of hydrogen-bond donors (Lipinski definition) is 2. The van der Waals surface area contributed by atoms with Gasteiger partial charge in [-0.25, -0.2) is 13.1 Å². The van der Waals surface area contributed by atoms with E-state index in [9.17, 15) is 8.42 Å². The Morgan fingerprint density at radius 2 is 2.06 bits per heavy atom. The standard InChI is InChI=1S/C10H14Cl2N2O3S/c1-17-6-2-5-14-18(15,16)10-7(11)3-4-8(13)9(10)12/h3-4,14H,2,5-6,13H2,1H3. The van der Waals surface area contributed by atoms with Gasteiger partial charge in [-0.3, -0.25) is 0 Å². The molecule has 1 rings (SSSR count). The van der Waals surface area contributed by atoms with E-state index in [0.29, 0.717) is 13.0 Å². The highest BCUT2D eigenvalue weighted by Crippen LogP contribution is 2.33. The first kappa shape index (κ1) is 15.5. The number of nitrogens with one attached hydrogen (secondary N) is 1. The minimum Gasteiger partial charge on any atom is -0.397 e. The molecule has 102 valence electrons. The SMILES string of the molecule is COCCCNS(=O)(=O)c1c(Cl)ccc(N)c1Cl. The smallest absolute Gasteiger partial charge is 0.243 e. The van der Waals surface area contributed by atoms with Crippen LogP contribution in [0.15, 0.2) is 17.0 Å². The van der Waals surface area contributed by atoms with Crippen LogP contribution in [0.5, 0.6) is 0 Å². The molecule has 1 aromatic carbocycles. The lowest BCUT2D eigenvalue weighted by molar-refractivity contribution is 0.196. The van der Waals surface area contributed by atoms with Gasteiger partial charge in [-0.1, -0.05) is 23.2 Å². The summed E-state index contributed by atoms with van der Waals surface area (Å²) < 4.78 is 31.2. The van der Waals surface area contributed by atoms with Gasteiger partial charge in [-0.15, -0.1) is 0 Å². The molecule has 0 spiro atoms. The number of hydrogen-bond acceptors (Lipinski definition) is 4. The minimum absolute atomic E-state index is 0.0356. The van der Waals surface area contributed by atoms with Crippen molar-refractivity contribution in [2.45, 2.75) is 11.3 Å². The van der Waals surface area contributed by atoms with E-state index in [1.807, 2.05) is 0 Å². The molecular formula is C10H14Cl2N2O3S. The lowest BCUT2D eigenvalue weighted by Gasteiger charge is -2.11. The van der Waals surface area contributed by atoms with Crippen LogP contribution in [0.3, 0.4) is 0 Å². The van der Waals surface area contributed by atoms with Crippen molar-refractivity contribution in [1.29, 1.82) is 0 Å². The lowest BCUT2D eigenvalue weighted by Crippen LogP contribution is -2.26. The summed E-state index contributed by atoms with van der Waals surface area (Å²) in [6.45, 7) is 0.693. The second-order valence-corrected chi connectivity index (χ2v) is 6.01. The molecule has 0 aliphatic heterocycles. The molecule has 18 heavy (non-hydrogen) atoms. The summed E-state index contributed by atoms with van der Waals surface area (Å²) in [6.07, 6.45) is 0.549. The molecule has 0 saturated carbocycles. The van der Waals surface area contributed by atoms with Crippen LogP contribution in [0.2, 0.25) is 10.0 Å². The van der Waals surface area contributed by atoms with Crippen LogP contribution in [0, 0.1) is 0 Å². The molecule has 0 aliphatic carbocycles. The maximum atomic E-state index is 12.0. The van der Waals surface area contributed by atoms with E-state index < -0.39 is 10.0 Å². The summed E-state index contributed by atoms with van der Waals surface area (Å²) in [7, 11) is -2.23. The van der Waals surface area contributed by atoms with Crippen molar-refractivity contribution < 1.29 is 13.2 Å². The van der Waals surface area contributed by atoms with Gasteiger partial charge in [-0.05, 0) is 18.6 Å². The fourth-order valence-corrected chi connectivity index (χ4v) is 3.51. The zero-order chi connectivity index (χ0) is 13.8. The maximum absolute atomic E-state index is 12.0. The zero-order valence-electron chi connectivity index (χ0n) is 9.74. The largest absolute Gasteiger partial charge is 0.397 e. The Labute approximate surface area is 116 Å². The molecule has 0 bridgehead atoms. The van der Waals surface area contributed by atoms with Crippen molar-refractivity contribution in [3.63, 3.8) is 0 Å². The van der Waals surface area contributed by atoms with Crippen LogP contribution >= 0.6 is 23.2 Å². The highest BCUT2D eigenvalue weighted by molar-refractivity contribution is 7.89. The number of benzene rings is 1. The highest BCUT2D eigenvalue weighted by atomic mass is 35.5. The molecule has 3 N–H and O–H groups in total. The molecule has 0 atom stereocenters. The van der Waals surface area contributed by atoms with Gasteiger partial charge in [0.05, 0.1) is 15.7 Å². The van der Waals surface area contributed by atoms with Gasteiger partial charge in [0.15, 0.2) is 0 Å². The Kier molecular flexibility index (Phi) is 5.68. The highest BCUT2D eigenvalue weighted by Gasteiger charge is 2.22. The molecule has 0 radical (unpaired) electrons. The van der Waals surface area contributed by atoms with Crippen LogP contribution in [0.1, 0.15) is 6.42 Å². The first-order valence-corrected chi connectivity index (χ1v) is 7.36. The number of nitrogens with two attached hydrogens (primary N) is 1. The third kappa shape index (κ3) is 3.73. The fourth-order valence-electron chi connectivity index (χ4n) is 1.29. The third-order valence-corrected chi connectivity index (χ3v) is 4.66. The number of ether oxygens (including phenoxy) is 1. The van der Waals surface area contributed by atoms with Crippen LogP contribution in [0.25, 0.3) is 0 Å². The Morgan fingerprint density at radius 1 is 1.39 bits per heavy atom. The predicted octanol–water partition coefficient (Wildman–Crippen LogP) is 1.89. The average molecular weight is 313 g/mol. The monoisotopic (exact) mass is 312 g/mol. The minimum atomic E-state index is -3.77. The van der Waals surface area contributed by atoms with Crippen molar-refractivity contribution in [2.24, 2.45) is 0 Å². The van der Waals surface area contributed by atoms with Crippen LogP contribution in [-0.4, -0.2) is 28.7 Å². The maximum Gasteiger partial charge on any atom is 0.243 e. The molecule has 0 fully saturated rings. The molecule has 0 heterocycles. The van der Waals surface area contributed by atoms with Gasteiger partial charge in [0, 0.05) is 20.3 Å². The summed E-state index contributed by atoms with van der Waals surface area (Å²) in [6, 6.07) is 2.85. The predicted molar refractivity (Wildman–Crippen MR) is 72.6 cm³/mol. The summed E-state index contributed by atoms with van der Waals surface area (Å²) in [5, 5.41) is -0.0322. The summed E-state index contributed by atoms with van der Waals surface area (Å²) >= 11 is 11.7. The van der Waals surface area contributed by atoms with E-state index in [-0.39, 0.29) is 27.2 Å². The van der Waals surface area contributed by atoms with Crippen LogP contribution < -0.4 is 10.5 Å². The summed E-state index contributed by atoms with van der Waals surface area (Å²) in [5.41, 5.74) is 5.72. The van der Waals surface area contributed by atoms with E-state index in [2.05, 4.69) is 4.72 Å². The number of halogens is 2. The zero-order valence-corrected chi connectivity index (χ0v) is 12.1. The second kappa shape index (κ2) is 6.58. The molecule has 1 aromatic rings. The Bertz CT molecular complexity index is 520. The van der Waals surface area contributed by atoms with Gasteiger partial charge in [0.2, 0.25) is 10.0 Å². The molecule has 0 aromatic heterocycles. The molecule has 8 heteroatoms. The summed E-state index contributed by atoms with van der Waals surface area (Å²) in [5.74, 6) is 0. The van der Waals surface area contributed by atoms with Crippen LogP contribution in [0.4, 0.5) is 5.69 Å². The molecule has 0 aliphatic rings. The number of rotatable bonds is 6. The number of nitrogen functional groups attached to an aromatic ring is 1. The topological polar surface area (TPSA) is 81.4 Å². The van der Waals surface area contributed by atoms with E-state index >= 15 is 0 Å². The van der Waals surface area contributed by atoms with Crippen molar-refractivity contribution in [1.82, 2.24) is 4.72 Å². The van der Waals surface area contributed by atoms with Gasteiger partial charge in [0.25, 0.3) is 0 Å². The summed E-state index contributed by atoms with van der Waals surface area (Å²) in [4.78, 5) is -0.191. The van der Waals surface area contributed by atoms with Crippen molar-refractivity contribution in [2.75, 3.05) is 26.0 Å². The van der Waals surface area contributed by atoms with E-state index in [0.717, 1.165) is 0 Å². The molecule has 0 saturated heterocycles. The average Bonchev–Trinajstić information content (AvgIpc) is 2.30. The quantitative estimate of drug-likeness (QED) is 0.621.